The Morgan fingerprint density at radius 2 is 2.17 bits per heavy atom. The molecule has 0 saturated heterocycles. The molecule has 0 bridgehead atoms. The number of likely N-dealkylation sites (N-methyl/N-ethyl adjacent to an activating group) is 1. The first-order chi connectivity index (χ1) is 8.41. The summed E-state index contributed by atoms with van der Waals surface area (Å²) >= 11 is 5.89. The summed E-state index contributed by atoms with van der Waals surface area (Å²) in [4.78, 5) is 13.7. The van der Waals surface area contributed by atoms with Gasteiger partial charge in [0.15, 0.2) is 0 Å². The van der Waals surface area contributed by atoms with Gasteiger partial charge in [-0.15, -0.1) is 0 Å². The van der Waals surface area contributed by atoms with Crippen LogP contribution in [0.2, 0.25) is 5.02 Å². The SMILES string of the molecule is CC(C)OCCN(C)C(=O)c1ccc(N)c(Cl)c1. The van der Waals surface area contributed by atoms with Crippen LogP contribution < -0.4 is 5.73 Å². The number of benzene rings is 1. The third kappa shape index (κ3) is 4.20. The highest BCUT2D eigenvalue weighted by Crippen LogP contribution is 2.20. The predicted octanol–water partition coefficient (Wildman–Crippen LogP) is 2.42. The molecule has 0 heterocycles. The average Bonchev–Trinajstić information content (AvgIpc) is 2.31. The normalized spacial score (nSPS) is 10.7. The highest BCUT2D eigenvalue weighted by Gasteiger charge is 2.12. The topological polar surface area (TPSA) is 55.6 Å². The third-order valence-corrected chi connectivity index (χ3v) is 2.80. The fourth-order valence-electron chi connectivity index (χ4n) is 1.41. The molecule has 4 nitrogen and oxygen atoms in total. The predicted molar refractivity (Wildman–Crippen MR) is 73.9 cm³/mol. The van der Waals surface area contributed by atoms with Crippen LogP contribution in [0.5, 0.6) is 0 Å². The van der Waals surface area contributed by atoms with Crippen molar-refractivity contribution in [2.45, 2.75) is 20.0 Å². The maximum absolute atomic E-state index is 12.1. The second-order valence-corrected chi connectivity index (χ2v) is 4.79. The standard InChI is InChI=1S/C13H19ClN2O2/c1-9(2)18-7-6-16(3)13(17)10-4-5-12(15)11(14)8-10/h4-5,8-9H,6-7,15H2,1-3H3. The van der Waals surface area contributed by atoms with Crippen LogP contribution in [0.15, 0.2) is 18.2 Å². The van der Waals surface area contributed by atoms with Gasteiger partial charge in [0.1, 0.15) is 0 Å². The first-order valence-corrected chi connectivity index (χ1v) is 6.21. The molecule has 1 aromatic rings. The van der Waals surface area contributed by atoms with Crippen molar-refractivity contribution < 1.29 is 9.53 Å². The maximum atomic E-state index is 12.1. The quantitative estimate of drug-likeness (QED) is 0.836. The van der Waals surface area contributed by atoms with Gasteiger partial charge in [-0.25, -0.2) is 0 Å². The molecule has 0 unspecified atom stereocenters. The third-order valence-electron chi connectivity index (χ3n) is 2.47. The molecule has 1 amide bonds. The Morgan fingerprint density at radius 3 is 2.72 bits per heavy atom. The minimum absolute atomic E-state index is 0.0933. The largest absolute Gasteiger partial charge is 0.398 e. The fraction of sp³-hybridized carbons (Fsp3) is 0.462. The lowest BCUT2D eigenvalue weighted by Gasteiger charge is -2.18. The van der Waals surface area contributed by atoms with Gasteiger partial charge < -0.3 is 15.4 Å². The van der Waals surface area contributed by atoms with Crippen molar-refractivity contribution in [1.29, 1.82) is 0 Å². The molecule has 18 heavy (non-hydrogen) atoms. The van der Waals surface area contributed by atoms with E-state index in [1.54, 1.807) is 30.1 Å². The maximum Gasteiger partial charge on any atom is 0.253 e. The number of nitrogens with two attached hydrogens (primary N) is 1. The zero-order valence-electron chi connectivity index (χ0n) is 10.9. The van der Waals surface area contributed by atoms with Gasteiger partial charge in [-0.1, -0.05) is 11.6 Å². The van der Waals surface area contributed by atoms with E-state index < -0.39 is 0 Å². The Balaban J connectivity index is 2.60. The minimum atomic E-state index is -0.0933. The molecule has 5 heteroatoms. The lowest BCUT2D eigenvalue weighted by molar-refractivity contribution is 0.0532. The van der Waals surface area contributed by atoms with Gasteiger partial charge in [0.25, 0.3) is 5.91 Å². The summed E-state index contributed by atoms with van der Waals surface area (Å²) in [5, 5.41) is 0.396. The van der Waals surface area contributed by atoms with E-state index in [4.69, 9.17) is 22.1 Å². The summed E-state index contributed by atoms with van der Waals surface area (Å²) in [6.07, 6.45) is 0.166. The first-order valence-electron chi connectivity index (χ1n) is 5.84. The van der Waals surface area contributed by atoms with E-state index in [1.165, 1.54) is 0 Å². The van der Waals surface area contributed by atoms with Crippen LogP contribution in [-0.4, -0.2) is 37.1 Å². The molecule has 0 aliphatic heterocycles. The van der Waals surface area contributed by atoms with E-state index in [0.29, 0.717) is 29.4 Å². The Kier molecular flexibility index (Phi) is 5.44. The van der Waals surface area contributed by atoms with Crippen LogP contribution in [0.4, 0.5) is 5.69 Å². The molecule has 0 aliphatic carbocycles. The molecule has 0 saturated carbocycles. The second kappa shape index (κ2) is 6.61. The highest BCUT2D eigenvalue weighted by molar-refractivity contribution is 6.33. The highest BCUT2D eigenvalue weighted by atomic mass is 35.5. The Hall–Kier alpha value is -1.26. The lowest BCUT2D eigenvalue weighted by Crippen LogP contribution is -2.30. The van der Waals surface area contributed by atoms with Crippen molar-refractivity contribution in [3.8, 4) is 0 Å². The number of nitrogens with zero attached hydrogens (tertiary/aromatic N) is 1. The van der Waals surface area contributed by atoms with Gasteiger partial charge in [-0.2, -0.15) is 0 Å². The van der Waals surface area contributed by atoms with Crippen molar-refractivity contribution in [2.24, 2.45) is 0 Å². The van der Waals surface area contributed by atoms with Crippen molar-refractivity contribution in [3.05, 3.63) is 28.8 Å². The van der Waals surface area contributed by atoms with Crippen LogP contribution in [0, 0.1) is 0 Å². The van der Waals surface area contributed by atoms with Crippen molar-refractivity contribution >= 4 is 23.2 Å². The van der Waals surface area contributed by atoms with E-state index in [0.717, 1.165) is 0 Å². The van der Waals surface area contributed by atoms with E-state index in [9.17, 15) is 4.79 Å². The van der Waals surface area contributed by atoms with Crippen LogP contribution in [0.25, 0.3) is 0 Å². The zero-order valence-corrected chi connectivity index (χ0v) is 11.7. The molecule has 0 aromatic heterocycles. The monoisotopic (exact) mass is 270 g/mol. The van der Waals surface area contributed by atoms with Gasteiger partial charge >= 0.3 is 0 Å². The molecule has 2 N–H and O–H groups in total. The smallest absolute Gasteiger partial charge is 0.253 e. The summed E-state index contributed by atoms with van der Waals surface area (Å²) in [6, 6.07) is 4.89. The Labute approximate surface area is 113 Å². The van der Waals surface area contributed by atoms with Crippen LogP contribution >= 0.6 is 11.6 Å². The number of ether oxygens (including phenoxy) is 1. The van der Waals surface area contributed by atoms with Gasteiger partial charge in [0.05, 0.1) is 23.4 Å². The number of amides is 1. The van der Waals surface area contributed by atoms with Gasteiger partial charge in [0.2, 0.25) is 0 Å². The molecule has 0 aliphatic rings. The second-order valence-electron chi connectivity index (χ2n) is 4.38. The average molecular weight is 271 g/mol. The van der Waals surface area contributed by atoms with Crippen LogP contribution in [-0.2, 0) is 4.74 Å². The molecule has 0 spiro atoms. The number of anilines is 1. The number of rotatable bonds is 5. The van der Waals surface area contributed by atoms with E-state index >= 15 is 0 Å². The Bertz CT molecular complexity index is 421. The number of halogens is 1. The molecule has 1 aromatic carbocycles. The van der Waals surface area contributed by atoms with Gasteiger partial charge in [0, 0.05) is 19.2 Å². The van der Waals surface area contributed by atoms with Crippen molar-refractivity contribution in [1.82, 2.24) is 4.90 Å². The number of hydrogen-bond acceptors (Lipinski definition) is 3. The van der Waals surface area contributed by atoms with Gasteiger partial charge in [-0.05, 0) is 32.0 Å². The number of hydrogen-bond donors (Lipinski definition) is 1. The van der Waals surface area contributed by atoms with Crippen molar-refractivity contribution in [2.75, 3.05) is 25.9 Å². The molecular weight excluding hydrogens is 252 g/mol. The first kappa shape index (κ1) is 14.8. The number of carbonyl (C=O) groups excluding carboxylic acids is 1. The van der Waals surface area contributed by atoms with Gasteiger partial charge in [-0.3, -0.25) is 4.79 Å². The molecule has 1 rings (SSSR count). The number of carbonyl (C=O) groups is 1. The summed E-state index contributed by atoms with van der Waals surface area (Å²) in [5.74, 6) is -0.0933. The van der Waals surface area contributed by atoms with E-state index in [2.05, 4.69) is 0 Å². The van der Waals surface area contributed by atoms with E-state index in [-0.39, 0.29) is 12.0 Å². The molecule has 0 atom stereocenters. The minimum Gasteiger partial charge on any atom is -0.398 e. The number of nitrogen functional groups attached to an aromatic ring is 1. The lowest BCUT2D eigenvalue weighted by atomic mass is 10.2. The fourth-order valence-corrected chi connectivity index (χ4v) is 1.59. The van der Waals surface area contributed by atoms with E-state index in [1.807, 2.05) is 13.8 Å². The van der Waals surface area contributed by atoms with Crippen LogP contribution in [0.1, 0.15) is 24.2 Å². The van der Waals surface area contributed by atoms with Crippen LogP contribution in [0.3, 0.4) is 0 Å². The molecule has 0 radical (unpaired) electrons. The summed E-state index contributed by atoms with van der Waals surface area (Å²) in [7, 11) is 1.73. The van der Waals surface area contributed by atoms with Crippen molar-refractivity contribution in [3.63, 3.8) is 0 Å². The summed E-state index contributed by atoms with van der Waals surface area (Å²) < 4.78 is 5.40. The molecule has 100 valence electrons. The Morgan fingerprint density at radius 1 is 1.50 bits per heavy atom. The summed E-state index contributed by atoms with van der Waals surface area (Å²) in [6.45, 7) is 4.98. The zero-order chi connectivity index (χ0) is 13.7. The summed E-state index contributed by atoms with van der Waals surface area (Å²) in [5.41, 5.74) is 6.60. The molecule has 0 fully saturated rings. The molecular formula is C13H19ClN2O2.